The average molecular weight is 246 g/mol. The van der Waals surface area contributed by atoms with Gasteiger partial charge in [0.05, 0.1) is 0 Å². The molecule has 0 atom stereocenters. The summed E-state index contributed by atoms with van der Waals surface area (Å²) >= 11 is 0. The summed E-state index contributed by atoms with van der Waals surface area (Å²) in [6, 6.07) is 2.57. The van der Waals surface area contributed by atoms with E-state index in [9.17, 15) is 23.1 Å². The van der Waals surface area contributed by atoms with Gasteiger partial charge >= 0.3 is 6.18 Å². The molecule has 0 saturated heterocycles. The van der Waals surface area contributed by atoms with Gasteiger partial charge in [0, 0.05) is 6.20 Å². The van der Waals surface area contributed by atoms with Crippen LogP contribution in [0.25, 0.3) is 0 Å². The third kappa shape index (κ3) is 2.04. The molecule has 1 aromatic rings. The highest BCUT2D eigenvalue weighted by molar-refractivity contribution is 5.95. The van der Waals surface area contributed by atoms with Gasteiger partial charge in [0.2, 0.25) is 0 Å². The first-order valence-electron chi connectivity index (χ1n) is 4.89. The van der Waals surface area contributed by atoms with Crippen molar-refractivity contribution < 1.29 is 23.1 Å². The number of aromatic nitrogens is 1. The summed E-state index contributed by atoms with van der Waals surface area (Å²) in [6.45, 7) is 0. The first-order chi connectivity index (χ1) is 7.86. The van der Waals surface area contributed by atoms with Crippen LogP contribution < -0.4 is 5.32 Å². The van der Waals surface area contributed by atoms with Gasteiger partial charge in [0.15, 0.2) is 5.69 Å². The zero-order chi connectivity index (χ0) is 12.7. The predicted octanol–water partition coefficient (Wildman–Crippen LogP) is 1.61. The highest BCUT2D eigenvalue weighted by Gasteiger charge is 2.64. The molecule has 1 aromatic heterocycles. The van der Waals surface area contributed by atoms with Gasteiger partial charge in [-0.25, -0.2) is 4.98 Å². The molecule has 0 aromatic carbocycles. The van der Waals surface area contributed by atoms with Crippen LogP contribution in [-0.2, 0) is 0 Å². The lowest BCUT2D eigenvalue weighted by Crippen LogP contribution is -2.48. The molecule has 0 radical (unpaired) electrons. The minimum absolute atomic E-state index is 0.143. The Morgan fingerprint density at radius 3 is 2.59 bits per heavy atom. The summed E-state index contributed by atoms with van der Waals surface area (Å²) in [5, 5.41) is 11.2. The second-order valence-electron chi connectivity index (χ2n) is 3.91. The summed E-state index contributed by atoms with van der Waals surface area (Å²) in [4.78, 5) is 15.1. The number of carbonyl (C=O) groups excluding carboxylic acids is 1. The number of halogens is 3. The largest absolute Gasteiger partial charge is 0.505 e. The molecule has 1 aliphatic carbocycles. The van der Waals surface area contributed by atoms with Crippen LogP contribution in [-0.4, -0.2) is 27.7 Å². The predicted molar refractivity (Wildman–Crippen MR) is 51.4 cm³/mol. The molecule has 0 spiro atoms. The number of hydrogen-bond donors (Lipinski definition) is 2. The first-order valence-corrected chi connectivity index (χ1v) is 4.89. The topological polar surface area (TPSA) is 62.2 Å². The van der Waals surface area contributed by atoms with Crippen LogP contribution in [0.15, 0.2) is 18.3 Å². The van der Waals surface area contributed by atoms with Crippen LogP contribution in [0.1, 0.15) is 23.3 Å². The van der Waals surface area contributed by atoms with Gasteiger partial charge in [0.1, 0.15) is 11.3 Å². The molecule has 4 nitrogen and oxygen atoms in total. The molecular weight excluding hydrogens is 237 g/mol. The van der Waals surface area contributed by atoms with Crippen molar-refractivity contribution >= 4 is 5.91 Å². The summed E-state index contributed by atoms with van der Waals surface area (Å²) in [5.74, 6) is -1.46. The fraction of sp³-hybridized carbons (Fsp3) is 0.400. The average Bonchev–Trinajstić information content (AvgIpc) is 2.98. The zero-order valence-corrected chi connectivity index (χ0v) is 8.58. The highest BCUT2D eigenvalue weighted by atomic mass is 19.4. The lowest BCUT2D eigenvalue weighted by Gasteiger charge is -2.20. The molecule has 1 heterocycles. The van der Waals surface area contributed by atoms with Crippen molar-refractivity contribution in [3.8, 4) is 5.75 Å². The number of nitrogens with zero attached hydrogens (tertiary/aromatic N) is 1. The van der Waals surface area contributed by atoms with Gasteiger partial charge in [-0.2, -0.15) is 13.2 Å². The summed E-state index contributed by atoms with van der Waals surface area (Å²) in [6.07, 6.45) is -3.54. The van der Waals surface area contributed by atoms with E-state index in [1.165, 1.54) is 18.3 Å². The highest BCUT2D eigenvalue weighted by Crippen LogP contribution is 2.49. The van der Waals surface area contributed by atoms with Gasteiger partial charge in [0.25, 0.3) is 5.91 Å². The Morgan fingerprint density at radius 1 is 1.47 bits per heavy atom. The number of hydrogen-bond acceptors (Lipinski definition) is 3. The lowest BCUT2D eigenvalue weighted by molar-refractivity contribution is -0.163. The van der Waals surface area contributed by atoms with E-state index in [4.69, 9.17) is 0 Å². The smallest absolute Gasteiger partial charge is 0.411 e. The molecule has 1 fully saturated rings. The fourth-order valence-electron chi connectivity index (χ4n) is 1.45. The Balaban J connectivity index is 2.16. The number of aromatic hydroxyl groups is 1. The van der Waals surface area contributed by atoms with Crippen molar-refractivity contribution in [3.63, 3.8) is 0 Å². The van der Waals surface area contributed by atoms with Crippen LogP contribution in [0.2, 0.25) is 0 Å². The van der Waals surface area contributed by atoms with Crippen LogP contribution in [0.5, 0.6) is 5.75 Å². The van der Waals surface area contributed by atoms with Crippen molar-refractivity contribution in [3.05, 3.63) is 24.0 Å². The maximum Gasteiger partial charge on any atom is 0.411 e. The quantitative estimate of drug-likeness (QED) is 0.833. The molecule has 2 rings (SSSR count). The number of alkyl halides is 3. The van der Waals surface area contributed by atoms with E-state index in [-0.39, 0.29) is 12.8 Å². The number of nitrogens with one attached hydrogen (secondary N) is 1. The normalized spacial score (nSPS) is 17.6. The van der Waals surface area contributed by atoms with E-state index in [2.05, 4.69) is 4.98 Å². The van der Waals surface area contributed by atoms with Gasteiger partial charge in [-0.05, 0) is 25.0 Å². The Kier molecular flexibility index (Phi) is 2.48. The summed E-state index contributed by atoms with van der Waals surface area (Å²) < 4.78 is 37.7. The molecule has 0 aliphatic heterocycles. The van der Waals surface area contributed by atoms with Crippen LogP contribution >= 0.6 is 0 Å². The molecule has 7 heteroatoms. The first kappa shape index (κ1) is 11.7. The van der Waals surface area contributed by atoms with Crippen molar-refractivity contribution in [2.45, 2.75) is 24.6 Å². The van der Waals surface area contributed by atoms with E-state index in [0.717, 1.165) is 0 Å². The van der Waals surface area contributed by atoms with Crippen molar-refractivity contribution in [1.29, 1.82) is 0 Å². The Labute approximate surface area is 94.5 Å². The van der Waals surface area contributed by atoms with E-state index in [0.29, 0.717) is 0 Å². The lowest BCUT2D eigenvalue weighted by atomic mass is 10.2. The molecule has 0 unspecified atom stereocenters. The molecule has 17 heavy (non-hydrogen) atoms. The van der Waals surface area contributed by atoms with E-state index >= 15 is 0 Å². The Hall–Kier alpha value is -1.79. The Morgan fingerprint density at radius 2 is 2.12 bits per heavy atom. The maximum atomic E-state index is 12.6. The number of rotatable bonds is 2. The van der Waals surface area contributed by atoms with Crippen LogP contribution in [0.3, 0.4) is 0 Å². The number of amides is 1. The molecule has 1 amide bonds. The van der Waals surface area contributed by atoms with Gasteiger partial charge in [-0.1, -0.05) is 0 Å². The number of pyridine rings is 1. The summed E-state index contributed by atoms with van der Waals surface area (Å²) in [5.41, 5.74) is -2.54. The summed E-state index contributed by atoms with van der Waals surface area (Å²) in [7, 11) is 0. The van der Waals surface area contributed by atoms with E-state index in [1.54, 1.807) is 0 Å². The second kappa shape index (κ2) is 3.61. The van der Waals surface area contributed by atoms with Crippen molar-refractivity contribution in [2.24, 2.45) is 0 Å². The van der Waals surface area contributed by atoms with E-state index < -0.39 is 29.1 Å². The van der Waals surface area contributed by atoms with Crippen molar-refractivity contribution in [2.75, 3.05) is 0 Å². The molecule has 0 bridgehead atoms. The standard InChI is InChI=1S/C10H9F3N2O2/c11-10(12,13)9(3-4-9)15-8(17)7-6(16)2-1-5-14-7/h1-2,5,16H,3-4H2,(H,15,17). The van der Waals surface area contributed by atoms with Crippen LogP contribution in [0, 0.1) is 0 Å². The van der Waals surface area contributed by atoms with Crippen molar-refractivity contribution in [1.82, 2.24) is 10.3 Å². The third-order valence-electron chi connectivity index (χ3n) is 2.65. The molecule has 92 valence electrons. The van der Waals surface area contributed by atoms with Gasteiger partial charge in [-0.15, -0.1) is 0 Å². The van der Waals surface area contributed by atoms with Gasteiger partial charge < -0.3 is 10.4 Å². The number of carbonyl (C=O) groups is 1. The SMILES string of the molecule is O=C(NC1(C(F)(F)F)CC1)c1ncccc1O. The molecule has 1 saturated carbocycles. The molecular formula is C10H9F3N2O2. The maximum absolute atomic E-state index is 12.6. The Bertz CT molecular complexity index is 455. The van der Waals surface area contributed by atoms with Crippen LogP contribution in [0.4, 0.5) is 13.2 Å². The second-order valence-corrected chi connectivity index (χ2v) is 3.91. The fourth-order valence-corrected chi connectivity index (χ4v) is 1.45. The minimum atomic E-state index is -4.48. The molecule has 2 N–H and O–H groups in total. The third-order valence-corrected chi connectivity index (χ3v) is 2.65. The zero-order valence-electron chi connectivity index (χ0n) is 8.58. The van der Waals surface area contributed by atoms with E-state index in [1.807, 2.05) is 5.32 Å². The monoisotopic (exact) mass is 246 g/mol. The molecule has 1 aliphatic rings. The van der Waals surface area contributed by atoms with Gasteiger partial charge in [-0.3, -0.25) is 4.79 Å². The minimum Gasteiger partial charge on any atom is -0.505 e.